The van der Waals surface area contributed by atoms with Gasteiger partial charge in [0.05, 0.1) is 16.5 Å². The molecule has 0 aliphatic rings. The van der Waals surface area contributed by atoms with Gasteiger partial charge in [-0.05, 0) is 19.1 Å². The standard InChI is InChI=1S/C10H13F3N2O2S/c1-7(6-14)18(16,17)15-9-5-3-2-4-8(9)10(11,12)13/h2-5,7,15H,6,14H2,1H3. The fraction of sp³-hybridized carbons (Fsp3) is 0.400. The van der Waals surface area contributed by atoms with E-state index in [1.807, 2.05) is 4.72 Å². The van der Waals surface area contributed by atoms with E-state index in [2.05, 4.69) is 0 Å². The maximum atomic E-state index is 12.6. The van der Waals surface area contributed by atoms with E-state index < -0.39 is 32.7 Å². The van der Waals surface area contributed by atoms with Gasteiger partial charge in [-0.15, -0.1) is 0 Å². The third-order valence-electron chi connectivity index (χ3n) is 2.35. The number of sulfonamides is 1. The molecule has 0 fully saturated rings. The summed E-state index contributed by atoms with van der Waals surface area (Å²) in [6, 6.07) is 4.38. The first-order chi connectivity index (χ1) is 8.18. The number of nitrogens with one attached hydrogen (secondary N) is 1. The molecule has 1 unspecified atom stereocenters. The summed E-state index contributed by atoms with van der Waals surface area (Å²) in [5, 5.41) is -0.973. The van der Waals surface area contributed by atoms with Crippen molar-refractivity contribution < 1.29 is 21.6 Å². The Balaban J connectivity index is 3.14. The number of hydrogen-bond donors (Lipinski definition) is 2. The second kappa shape index (κ2) is 5.15. The van der Waals surface area contributed by atoms with Gasteiger partial charge in [0.1, 0.15) is 0 Å². The number of alkyl halides is 3. The summed E-state index contributed by atoms with van der Waals surface area (Å²) in [4.78, 5) is 0. The van der Waals surface area contributed by atoms with Crippen molar-refractivity contribution in [3.8, 4) is 0 Å². The van der Waals surface area contributed by atoms with Crippen LogP contribution in [0.4, 0.5) is 18.9 Å². The smallest absolute Gasteiger partial charge is 0.329 e. The van der Waals surface area contributed by atoms with Crippen LogP contribution < -0.4 is 10.5 Å². The Labute approximate surface area is 103 Å². The summed E-state index contributed by atoms with van der Waals surface area (Å²) in [7, 11) is -3.92. The van der Waals surface area contributed by atoms with Crippen LogP contribution in [0.2, 0.25) is 0 Å². The number of benzene rings is 1. The van der Waals surface area contributed by atoms with Crippen molar-refractivity contribution in [3.63, 3.8) is 0 Å². The topological polar surface area (TPSA) is 72.2 Å². The molecule has 4 nitrogen and oxygen atoms in total. The molecule has 1 rings (SSSR count). The Kier molecular flexibility index (Phi) is 4.23. The molecule has 0 radical (unpaired) electrons. The Hall–Kier alpha value is -1.28. The van der Waals surface area contributed by atoms with E-state index in [9.17, 15) is 21.6 Å². The number of para-hydroxylation sites is 1. The first kappa shape index (κ1) is 14.8. The van der Waals surface area contributed by atoms with Crippen LogP contribution in [0.5, 0.6) is 0 Å². The molecule has 8 heteroatoms. The van der Waals surface area contributed by atoms with Crippen LogP contribution >= 0.6 is 0 Å². The minimum atomic E-state index is -4.62. The van der Waals surface area contributed by atoms with Gasteiger partial charge in [-0.3, -0.25) is 4.72 Å². The molecule has 0 bridgehead atoms. The Bertz CT molecular complexity index is 514. The SMILES string of the molecule is CC(CN)S(=O)(=O)Nc1ccccc1C(F)(F)F. The Morgan fingerprint density at radius 1 is 1.33 bits per heavy atom. The normalized spacial score (nSPS) is 14.3. The molecule has 0 aliphatic carbocycles. The van der Waals surface area contributed by atoms with E-state index in [-0.39, 0.29) is 6.54 Å². The van der Waals surface area contributed by atoms with E-state index in [0.717, 1.165) is 12.1 Å². The van der Waals surface area contributed by atoms with Crippen LogP contribution in [0, 0.1) is 0 Å². The summed E-state index contributed by atoms with van der Waals surface area (Å²) in [5.41, 5.74) is 3.67. The van der Waals surface area contributed by atoms with E-state index >= 15 is 0 Å². The summed E-state index contributed by atoms with van der Waals surface area (Å²) >= 11 is 0. The first-order valence-electron chi connectivity index (χ1n) is 5.06. The highest BCUT2D eigenvalue weighted by Crippen LogP contribution is 2.35. The molecule has 3 N–H and O–H groups in total. The van der Waals surface area contributed by atoms with Gasteiger partial charge in [-0.1, -0.05) is 12.1 Å². The van der Waals surface area contributed by atoms with Gasteiger partial charge in [-0.25, -0.2) is 8.42 Å². The summed E-state index contributed by atoms with van der Waals surface area (Å²) in [6.07, 6.45) is -4.62. The van der Waals surface area contributed by atoms with Gasteiger partial charge in [0.25, 0.3) is 0 Å². The maximum absolute atomic E-state index is 12.6. The van der Waals surface area contributed by atoms with Crippen LogP contribution in [-0.2, 0) is 16.2 Å². The van der Waals surface area contributed by atoms with Gasteiger partial charge >= 0.3 is 6.18 Å². The molecule has 102 valence electrons. The molecule has 0 aliphatic heterocycles. The molecule has 1 aromatic carbocycles. The third kappa shape index (κ3) is 3.36. The van der Waals surface area contributed by atoms with Crippen LogP contribution in [0.15, 0.2) is 24.3 Å². The zero-order valence-corrected chi connectivity index (χ0v) is 10.3. The van der Waals surface area contributed by atoms with E-state index in [4.69, 9.17) is 5.73 Å². The molecule has 18 heavy (non-hydrogen) atoms. The van der Waals surface area contributed by atoms with Crippen molar-refractivity contribution in [1.82, 2.24) is 0 Å². The minimum absolute atomic E-state index is 0.177. The van der Waals surface area contributed by atoms with Crippen molar-refractivity contribution >= 4 is 15.7 Å². The number of rotatable bonds is 4. The molecule has 0 aromatic heterocycles. The second-order valence-corrected chi connectivity index (χ2v) is 5.84. The fourth-order valence-corrected chi connectivity index (χ4v) is 2.14. The van der Waals surface area contributed by atoms with Crippen molar-refractivity contribution in [1.29, 1.82) is 0 Å². The van der Waals surface area contributed by atoms with Gasteiger partial charge in [0.2, 0.25) is 10.0 Å². The predicted octanol–water partition coefficient (Wildman–Crippen LogP) is 1.79. The zero-order chi connectivity index (χ0) is 14.0. The van der Waals surface area contributed by atoms with Crippen LogP contribution in [-0.4, -0.2) is 20.2 Å². The number of halogens is 3. The minimum Gasteiger partial charge on any atom is -0.329 e. The highest BCUT2D eigenvalue weighted by Gasteiger charge is 2.34. The molecular weight excluding hydrogens is 269 g/mol. The quantitative estimate of drug-likeness (QED) is 0.884. The van der Waals surface area contributed by atoms with Crippen molar-refractivity contribution in [2.24, 2.45) is 5.73 Å². The largest absolute Gasteiger partial charge is 0.418 e. The average molecular weight is 282 g/mol. The molecule has 0 saturated carbocycles. The highest BCUT2D eigenvalue weighted by atomic mass is 32.2. The lowest BCUT2D eigenvalue weighted by atomic mass is 10.2. The first-order valence-corrected chi connectivity index (χ1v) is 6.61. The van der Waals surface area contributed by atoms with Gasteiger partial charge in [0, 0.05) is 6.54 Å². The van der Waals surface area contributed by atoms with E-state index in [0.29, 0.717) is 0 Å². The lowest BCUT2D eigenvalue weighted by Gasteiger charge is -2.17. The lowest BCUT2D eigenvalue weighted by molar-refractivity contribution is -0.136. The number of hydrogen-bond acceptors (Lipinski definition) is 3. The Morgan fingerprint density at radius 3 is 2.39 bits per heavy atom. The molecule has 0 amide bonds. The molecule has 0 saturated heterocycles. The van der Waals surface area contributed by atoms with Crippen molar-refractivity contribution in [2.75, 3.05) is 11.3 Å². The molecule has 1 atom stereocenters. The van der Waals surface area contributed by atoms with Crippen molar-refractivity contribution in [2.45, 2.75) is 18.3 Å². The average Bonchev–Trinajstić information content (AvgIpc) is 2.26. The van der Waals surface area contributed by atoms with Gasteiger partial charge in [0.15, 0.2) is 0 Å². The monoisotopic (exact) mass is 282 g/mol. The zero-order valence-electron chi connectivity index (χ0n) is 9.53. The van der Waals surface area contributed by atoms with Crippen LogP contribution in [0.1, 0.15) is 12.5 Å². The molecular formula is C10H13F3N2O2S. The Morgan fingerprint density at radius 2 is 1.89 bits per heavy atom. The highest BCUT2D eigenvalue weighted by molar-refractivity contribution is 7.93. The molecule has 0 spiro atoms. The van der Waals surface area contributed by atoms with E-state index in [1.165, 1.54) is 19.1 Å². The molecule has 1 aromatic rings. The summed E-state index contributed by atoms with van der Waals surface area (Å²) in [5.74, 6) is 0. The van der Waals surface area contributed by atoms with Gasteiger partial charge in [-0.2, -0.15) is 13.2 Å². The lowest BCUT2D eigenvalue weighted by Crippen LogP contribution is -2.32. The van der Waals surface area contributed by atoms with Crippen molar-refractivity contribution in [3.05, 3.63) is 29.8 Å². The summed E-state index contributed by atoms with van der Waals surface area (Å²) < 4.78 is 63.2. The van der Waals surface area contributed by atoms with Gasteiger partial charge < -0.3 is 5.73 Å². The third-order valence-corrected chi connectivity index (χ3v) is 4.10. The van der Waals surface area contributed by atoms with Crippen LogP contribution in [0.3, 0.4) is 0 Å². The van der Waals surface area contributed by atoms with E-state index in [1.54, 1.807) is 0 Å². The fourth-order valence-electron chi connectivity index (χ4n) is 1.20. The number of anilines is 1. The predicted molar refractivity (Wildman–Crippen MR) is 62.5 cm³/mol. The number of nitrogens with two attached hydrogens (primary N) is 1. The van der Waals surface area contributed by atoms with Crippen LogP contribution in [0.25, 0.3) is 0 Å². The maximum Gasteiger partial charge on any atom is 0.418 e. The summed E-state index contributed by atoms with van der Waals surface area (Å²) in [6.45, 7) is 1.14. The molecule has 0 heterocycles. The second-order valence-electron chi connectivity index (χ2n) is 3.74.